The van der Waals surface area contributed by atoms with E-state index in [9.17, 15) is 9.90 Å². The number of aliphatic hydroxyl groups is 1. The fraction of sp³-hybridized carbons (Fsp3) is 0.750. The van der Waals surface area contributed by atoms with Gasteiger partial charge in [0.2, 0.25) is 0 Å². The number of likely N-dealkylation sites (N-methyl/N-ethyl adjacent to an activating group) is 1. The van der Waals surface area contributed by atoms with Crippen LogP contribution in [0, 0.1) is 0 Å². The number of esters is 1. The maximum absolute atomic E-state index is 12.2. The highest BCUT2D eigenvalue weighted by Crippen LogP contribution is 2.16. The van der Waals surface area contributed by atoms with Crippen LogP contribution in [0.3, 0.4) is 0 Å². The summed E-state index contributed by atoms with van der Waals surface area (Å²) in [5.74, 6) is -0.270. The Labute approximate surface area is 152 Å². The summed E-state index contributed by atoms with van der Waals surface area (Å²) in [6.07, 6.45) is 8.48. The van der Waals surface area contributed by atoms with Crippen LogP contribution in [-0.2, 0) is 14.3 Å². The molecule has 1 aliphatic carbocycles. The zero-order chi connectivity index (χ0) is 18.7. The van der Waals surface area contributed by atoms with Crippen LogP contribution in [0.2, 0.25) is 0 Å². The molecule has 0 bridgehead atoms. The number of carbonyl (C=O) groups is 1. The molecule has 0 spiro atoms. The van der Waals surface area contributed by atoms with Crippen LogP contribution in [0.15, 0.2) is 23.8 Å². The predicted octanol–water partition coefficient (Wildman–Crippen LogP) is 3.19. The standard InChI is InChI=1S/C20H36NO4/c1-5-8-14-21(7-3,13-6-2)15-16-24-20(23)18-9-11-19(12-10-18)25-17(4)22/h9-11,17,19,22H,5-8,12-16H2,1-4H3/q+1. The zero-order valence-corrected chi connectivity index (χ0v) is 16.4. The Hall–Kier alpha value is -1.17. The van der Waals surface area contributed by atoms with E-state index in [0.717, 1.165) is 37.1 Å². The van der Waals surface area contributed by atoms with Gasteiger partial charge in [-0.3, -0.25) is 0 Å². The van der Waals surface area contributed by atoms with Gasteiger partial charge in [0.25, 0.3) is 0 Å². The SMILES string of the molecule is CCCC[N+](CC)(CCC)CCOC(=O)C1=CCC(OC(C)O)C=C1. The lowest BCUT2D eigenvalue weighted by molar-refractivity contribution is -0.926. The fourth-order valence-electron chi connectivity index (χ4n) is 3.30. The molecule has 0 amide bonds. The molecule has 5 heteroatoms. The predicted molar refractivity (Wildman–Crippen MR) is 100.0 cm³/mol. The number of hydrogen-bond acceptors (Lipinski definition) is 4. The molecule has 0 aromatic rings. The van der Waals surface area contributed by atoms with Crippen LogP contribution in [0.1, 0.15) is 53.4 Å². The van der Waals surface area contributed by atoms with E-state index in [1.54, 1.807) is 19.1 Å². The molecule has 25 heavy (non-hydrogen) atoms. The molecule has 0 fully saturated rings. The lowest BCUT2D eigenvalue weighted by atomic mass is 10.1. The minimum absolute atomic E-state index is 0.181. The number of carbonyl (C=O) groups excluding carboxylic acids is 1. The third-order valence-corrected chi connectivity index (χ3v) is 4.82. The third kappa shape index (κ3) is 7.72. The lowest BCUT2D eigenvalue weighted by Gasteiger charge is -2.37. The highest BCUT2D eigenvalue weighted by atomic mass is 16.6. The van der Waals surface area contributed by atoms with Gasteiger partial charge < -0.3 is 19.1 Å². The number of quaternary nitrogens is 1. The number of hydrogen-bond donors (Lipinski definition) is 1. The van der Waals surface area contributed by atoms with Gasteiger partial charge in [0.15, 0.2) is 6.29 Å². The summed E-state index contributed by atoms with van der Waals surface area (Å²) in [7, 11) is 0. The first kappa shape index (κ1) is 21.9. The molecule has 0 heterocycles. The third-order valence-electron chi connectivity index (χ3n) is 4.82. The van der Waals surface area contributed by atoms with Crippen LogP contribution in [0.25, 0.3) is 0 Å². The molecule has 5 nitrogen and oxygen atoms in total. The molecule has 0 aliphatic heterocycles. The molecule has 1 rings (SSSR count). The lowest BCUT2D eigenvalue weighted by Crippen LogP contribution is -2.51. The summed E-state index contributed by atoms with van der Waals surface area (Å²) in [5.41, 5.74) is 0.573. The van der Waals surface area contributed by atoms with Gasteiger partial charge in [-0.25, -0.2) is 4.79 Å². The van der Waals surface area contributed by atoms with Gasteiger partial charge in [0.05, 0.1) is 31.3 Å². The molecule has 0 saturated carbocycles. The van der Waals surface area contributed by atoms with Crippen molar-refractivity contribution in [1.29, 1.82) is 0 Å². The first-order valence-electron chi connectivity index (χ1n) is 9.70. The quantitative estimate of drug-likeness (QED) is 0.332. The van der Waals surface area contributed by atoms with Gasteiger partial charge >= 0.3 is 5.97 Å². The topological polar surface area (TPSA) is 55.8 Å². The second-order valence-electron chi connectivity index (χ2n) is 6.85. The maximum Gasteiger partial charge on any atom is 0.337 e. The second-order valence-corrected chi connectivity index (χ2v) is 6.85. The Bertz CT molecular complexity index is 459. The van der Waals surface area contributed by atoms with E-state index in [4.69, 9.17) is 9.47 Å². The monoisotopic (exact) mass is 354 g/mol. The van der Waals surface area contributed by atoms with Gasteiger partial charge in [-0.15, -0.1) is 0 Å². The molecule has 0 radical (unpaired) electrons. The Morgan fingerprint density at radius 2 is 2.04 bits per heavy atom. The van der Waals surface area contributed by atoms with Gasteiger partial charge in [-0.05, 0) is 39.2 Å². The van der Waals surface area contributed by atoms with Crippen molar-refractivity contribution in [3.8, 4) is 0 Å². The number of ether oxygens (including phenoxy) is 2. The van der Waals surface area contributed by atoms with Crippen molar-refractivity contribution >= 4 is 5.97 Å². The fourth-order valence-corrected chi connectivity index (χ4v) is 3.30. The van der Waals surface area contributed by atoms with Gasteiger partial charge in [-0.1, -0.05) is 32.4 Å². The van der Waals surface area contributed by atoms with Gasteiger partial charge in [-0.2, -0.15) is 0 Å². The van der Waals surface area contributed by atoms with Crippen molar-refractivity contribution in [2.75, 3.05) is 32.8 Å². The number of aliphatic hydroxyl groups excluding tert-OH is 1. The average molecular weight is 355 g/mol. The minimum Gasteiger partial charge on any atom is -0.456 e. The number of unbranched alkanes of at least 4 members (excludes halogenated alkanes) is 1. The van der Waals surface area contributed by atoms with E-state index in [1.807, 2.05) is 6.08 Å². The van der Waals surface area contributed by atoms with Gasteiger partial charge in [0.1, 0.15) is 13.2 Å². The van der Waals surface area contributed by atoms with Crippen LogP contribution >= 0.6 is 0 Å². The Morgan fingerprint density at radius 1 is 1.28 bits per heavy atom. The molecular weight excluding hydrogens is 318 g/mol. The van der Waals surface area contributed by atoms with Crippen LogP contribution in [0.5, 0.6) is 0 Å². The minimum atomic E-state index is -0.807. The van der Waals surface area contributed by atoms with Crippen LogP contribution in [-0.4, -0.2) is 60.7 Å². The molecule has 0 aromatic heterocycles. The second kappa shape index (κ2) is 11.4. The van der Waals surface area contributed by atoms with E-state index >= 15 is 0 Å². The van der Waals surface area contributed by atoms with Crippen LogP contribution in [0.4, 0.5) is 0 Å². The normalized spacial score (nSPS) is 20.7. The average Bonchev–Trinajstić information content (AvgIpc) is 2.59. The number of nitrogens with zero attached hydrogens (tertiary/aromatic N) is 1. The van der Waals surface area contributed by atoms with Crippen molar-refractivity contribution in [3.05, 3.63) is 23.8 Å². The number of rotatable bonds is 12. The molecular formula is C20H36NO4+. The summed E-state index contributed by atoms with van der Waals surface area (Å²) in [6, 6.07) is 0. The van der Waals surface area contributed by atoms with Crippen molar-refractivity contribution in [2.24, 2.45) is 0 Å². The summed E-state index contributed by atoms with van der Waals surface area (Å²) < 4.78 is 11.8. The molecule has 3 unspecified atom stereocenters. The van der Waals surface area contributed by atoms with Gasteiger partial charge in [0, 0.05) is 0 Å². The summed E-state index contributed by atoms with van der Waals surface area (Å²) in [4.78, 5) is 12.2. The highest BCUT2D eigenvalue weighted by Gasteiger charge is 2.24. The van der Waals surface area contributed by atoms with E-state index in [0.29, 0.717) is 18.6 Å². The van der Waals surface area contributed by atoms with Crippen molar-refractivity contribution in [2.45, 2.75) is 65.8 Å². The van der Waals surface area contributed by atoms with E-state index < -0.39 is 6.29 Å². The molecule has 144 valence electrons. The maximum atomic E-state index is 12.2. The largest absolute Gasteiger partial charge is 0.456 e. The molecule has 1 N–H and O–H groups in total. The Kier molecular flexibility index (Phi) is 10.0. The molecule has 1 aliphatic rings. The summed E-state index contributed by atoms with van der Waals surface area (Å²) in [5, 5.41) is 9.23. The summed E-state index contributed by atoms with van der Waals surface area (Å²) >= 11 is 0. The molecule has 0 saturated heterocycles. The van der Waals surface area contributed by atoms with E-state index in [1.165, 1.54) is 12.8 Å². The summed E-state index contributed by atoms with van der Waals surface area (Å²) in [6.45, 7) is 12.9. The van der Waals surface area contributed by atoms with E-state index in [-0.39, 0.29) is 12.1 Å². The Balaban J connectivity index is 2.47. The van der Waals surface area contributed by atoms with Crippen molar-refractivity contribution in [3.63, 3.8) is 0 Å². The van der Waals surface area contributed by atoms with Crippen molar-refractivity contribution in [1.82, 2.24) is 0 Å². The first-order chi connectivity index (χ1) is 12.0. The van der Waals surface area contributed by atoms with Crippen molar-refractivity contribution < 1.29 is 23.9 Å². The molecule has 0 aromatic carbocycles. The zero-order valence-electron chi connectivity index (χ0n) is 16.4. The highest BCUT2D eigenvalue weighted by molar-refractivity contribution is 5.91. The first-order valence-corrected chi connectivity index (χ1v) is 9.70. The van der Waals surface area contributed by atoms with Crippen LogP contribution < -0.4 is 0 Å². The van der Waals surface area contributed by atoms with E-state index in [2.05, 4.69) is 20.8 Å². The molecule has 3 atom stereocenters. The smallest absolute Gasteiger partial charge is 0.337 e. The Morgan fingerprint density at radius 3 is 2.56 bits per heavy atom.